The third kappa shape index (κ3) is 19.9. The van der Waals surface area contributed by atoms with Crippen molar-refractivity contribution in [3.63, 3.8) is 0 Å². The number of Topliss-reactive ketones (excluding diaryl/α,β-unsaturated/α-hetero) is 2. The number of carbonyl (C=O) groups excluding carboxylic acids is 9. The number of nitrogens with one attached hydrogen (secondary N) is 2. The number of rotatable bonds is 26. The normalized spacial score (nSPS) is 24.1. The molecule has 5 amide bonds. The molecule has 0 radical (unpaired) electrons. The van der Waals surface area contributed by atoms with Crippen LogP contribution in [0.25, 0.3) is 0 Å². The van der Waals surface area contributed by atoms with Crippen LogP contribution in [-0.2, 0) is 70.1 Å². The molecule has 2 aromatic carbocycles. The molecule has 0 unspecified atom stereocenters. The van der Waals surface area contributed by atoms with Crippen molar-refractivity contribution in [2.75, 3.05) is 43.3 Å². The van der Waals surface area contributed by atoms with Crippen LogP contribution < -0.4 is 21.3 Å². The predicted molar refractivity (Wildman–Crippen MR) is 341 cm³/mol. The van der Waals surface area contributed by atoms with Crippen LogP contribution in [0.4, 0.5) is 19.3 Å². The number of benzene rings is 2. The van der Waals surface area contributed by atoms with E-state index in [9.17, 15) is 48.3 Å². The van der Waals surface area contributed by atoms with E-state index in [-0.39, 0.29) is 68.7 Å². The van der Waals surface area contributed by atoms with Crippen LogP contribution >= 0.6 is 43.5 Å². The summed E-state index contributed by atoms with van der Waals surface area (Å²) < 4.78 is 62.1. The third-order valence-electron chi connectivity index (χ3n) is 17.3. The largest absolute Gasteiger partial charge is 0.462 e. The molecule has 10 atom stereocenters. The molecule has 0 saturated carbocycles. The fourth-order valence-corrected chi connectivity index (χ4v) is 13.2. The molecule has 20 nitrogen and oxygen atoms in total. The Hall–Kier alpha value is -5.66. The molecule has 25 heteroatoms. The van der Waals surface area contributed by atoms with E-state index < -0.39 is 142 Å². The van der Waals surface area contributed by atoms with Crippen LogP contribution in [0, 0.1) is 42.2 Å². The number of halogens is 5. The highest BCUT2D eigenvalue weighted by Crippen LogP contribution is 2.50. The van der Waals surface area contributed by atoms with Crippen LogP contribution in [0.1, 0.15) is 147 Å². The second-order valence-electron chi connectivity index (χ2n) is 25.3. The zero-order valence-electron chi connectivity index (χ0n) is 53.4. The van der Waals surface area contributed by atoms with Crippen LogP contribution in [0.5, 0.6) is 0 Å². The number of fused-ring (bicyclic) bond motifs is 5. The highest BCUT2D eigenvalue weighted by molar-refractivity contribution is 9.09. The zero-order valence-corrected chi connectivity index (χ0v) is 57.4. The summed E-state index contributed by atoms with van der Waals surface area (Å²) in [5, 5.41) is 18.3. The van der Waals surface area contributed by atoms with E-state index in [2.05, 4.69) is 42.5 Å². The third-order valence-corrected chi connectivity index (χ3v) is 19.3. The molecule has 0 aromatic heterocycles. The quantitative estimate of drug-likeness (QED) is 0.0225. The SMILES string of the molecule is CO[C@@H]1/C=C/C=C(\C)Cc2cc(C)c(Cl)c(c2)N(C)C(=O)C[C@H](OC(=O)[C@H](C)N(C)C(=O)c2cc(F)c(CC(=O)[C@H](CCCNC(N)=O)NC(=O)[C@@H](CC(=O)CCCCC(C)(C)OC(=O)C(CBr)CBr)C(C)C)cc2F)[C@]2(C)O[C@H]2[C@H](C)[C@@H]2C[C@@]1(O)CC(=O)O2. The number of ether oxygens (including phenoxy) is 5. The highest BCUT2D eigenvalue weighted by Gasteiger charge is 2.64. The first kappa shape index (κ1) is 75.1. The smallest absolute Gasteiger partial charge is 0.328 e. The molecule has 4 bridgehead atoms. The van der Waals surface area contributed by atoms with E-state index in [1.807, 2.05) is 19.1 Å². The number of hydrogen-bond acceptors (Lipinski definition) is 15. The number of aryl methyl sites for hydroxylation is 1. The highest BCUT2D eigenvalue weighted by atomic mass is 79.9. The Labute approximate surface area is 548 Å². The number of alkyl halides is 2. The lowest BCUT2D eigenvalue weighted by atomic mass is 9.78. The van der Waals surface area contributed by atoms with E-state index in [4.69, 9.17) is 41.0 Å². The minimum atomic E-state index is -1.69. The summed E-state index contributed by atoms with van der Waals surface area (Å²) in [6.45, 7) is 15.4. The molecule has 2 saturated heterocycles. The number of primary amides is 1. The lowest BCUT2D eigenvalue weighted by Gasteiger charge is -2.41. The Morgan fingerprint density at radius 1 is 1.00 bits per heavy atom. The number of nitrogens with two attached hydrogens (primary N) is 1. The number of hydrogen-bond donors (Lipinski definition) is 4. The van der Waals surface area contributed by atoms with Crippen molar-refractivity contribution in [3.05, 3.63) is 87.0 Å². The van der Waals surface area contributed by atoms with Gasteiger partial charge in [-0.15, -0.1) is 0 Å². The minimum Gasteiger partial charge on any atom is -0.462 e. The van der Waals surface area contributed by atoms with Crippen LogP contribution in [0.15, 0.2) is 48.1 Å². The van der Waals surface area contributed by atoms with Crippen LogP contribution in [0.2, 0.25) is 5.02 Å². The van der Waals surface area contributed by atoms with Gasteiger partial charge in [0.15, 0.2) is 5.78 Å². The zero-order chi connectivity index (χ0) is 67.3. The van der Waals surface area contributed by atoms with Gasteiger partial charge in [-0.2, -0.15) is 0 Å². The number of likely N-dealkylation sites (N-methyl/N-ethyl adjacent to an activating group) is 1. The number of amides is 5. The standard InChI is InChI=1S/C65H88Br2ClF2N5O15/c1-35(2)44(28-43(76)18-13-14-21-63(7,8)90-61(83)42(33-66)34-67)58(80)73-48(19-16-22-72-62(71)84)50(77)27-41-26-47(70)45(29-46(41)69)59(81)74(10)39(6)60(82)88-53-30-54(78)75(11)49-25-40(24-37(4)56(49)68)23-36(3)17-15-20-52(86-12)65(85)31-51(87-55(79)32-65)38(5)57-64(53,9)89-57/h15,17,20,24-26,29,35,38-39,42,44,48,51-53,57,85H,13-14,16,18-19,21-23,27-28,30-34H2,1-12H3,(H,73,80)(H3,71,72,84)/b20-15+,36-17+/t38-,39+,44+,48+,51+,52-,53+,57+,64+,65-/m1/s1. The molecule has 0 spiro atoms. The van der Waals surface area contributed by atoms with Crippen molar-refractivity contribution in [1.29, 1.82) is 0 Å². The monoisotopic (exact) mass is 1410 g/mol. The van der Waals surface area contributed by atoms with Gasteiger partial charge < -0.3 is 55.0 Å². The molecule has 2 fully saturated rings. The second-order valence-corrected chi connectivity index (χ2v) is 27.0. The van der Waals surface area contributed by atoms with Crippen molar-refractivity contribution in [1.82, 2.24) is 15.5 Å². The van der Waals surface area contributed by atoms with Crippen LogP contribution in [0.3, 0.4) is 0 Å². The lowest BCUT2D eigenvalue weighted by Crippen LogP contribution is -2.53. The summed E-state index contributed by atoms with van der Waals surface area (Å²) in [5.41, 5.74) is 2.86. The molecule has 0 aliphatic carbocycles. The van der Waals surface area contributed by atoms with Crippen molar-refractivity contribution in [2.24, 2.45) is 29.4 Å². The number of methoxy groups -OCH3 is 1. The molecule has 3 heterocycles. The van der Waals surface area contributed by atoms with Gasteiger partial charge in [0.05, 0.1) is 47.2 Å². The number of carbonyl (C=O) groups is 9. The van der Waals surface area contributed by atoms with E-state index in [0.717, 1.165) is 23.1 Å². The number of aliphatic hydroxyl groups is 1. The molecule has 3 aliphatic rings. The summed E-state index contributed by atoms with van der Waals surface area (Å²) in [4.78, 5) is 124. The predicted octanol–water partition coefficient (Wildman–Crippen LogP) is 9.22. The maximum atomic E-state index is 16.2. The molecule has 3 aliphatic heterocycles. The minimum absolute atomic E-state index is 0.00825. The average molecular weight is 1410 g/mol. The fourth-order valence-electron chi connectivity index (χ4n) is 11.4. The average Bonchev–Trinajstić information content (AvgIpc) is 1.67. The Morgan fingerprint density at radius 3 is 2.31 bits per heavy atom. The Morgan fingerprint density at radius 2 is 1.68 bits per heavy atom. The number of urea groups is 1. The summed E-state index contributed by atoms with van der Waals surface area (Å²) in [6, 6.07) is 1.29. The maximum Gasteiger partial charge on any atom is 0.328 e. The Kier molecular flexibility index (Phi) is 27.3. The summed E-state index contributed by atoms with van der Waals surface area (Å²) in [6.07, 6.45) is 1.54. The van der Waals surface area contributed by atoms with E-state index in [1.54, 1.807) is 66.7 Å². The number of epoxide rings is 1. The van der Waals surface area contributed by atoms with E-state index >= 15 is 8.78 Å². The maximum absolute atomic E-state index is 16.2. The summed E-state index contributed by atoms with van der Waals surface area (Å²) in [5.74, 6) is -10.0. The van der Waals surface area contributed by atoms with Gasteiger partial charge in [0.1, 0.15) is 58.6 Å². The van der Waals surface area contributed by atoms with Gasteiger partial charge >= 0.3 is 23.9 Å². The molecule has 5 rings (SSSR count). The lowest BCUT2D eigenvalue weighted by molar-refractivity contribution is -0.187. The van der Waals surface area contributed by atoms with E-state index in [0.29, 0.717) is 64.7 Å². The molecular weight excluding hydrogens is 1320 g/mol. The number of nitrogens with zero attached hydrogens (tertiary/aromatic N) is 2. The van der Waals surface area contributed by atoms with Gasteiger partial charge in [0.2, 0.25) is 11.8 Å². The van der Waals surface area contributed by atoms with Gasteiger partial charge in [-0.25, -0.2) is 18.4 Å². The van der Waals surface area contributed by atoms with Gasteiger partial charge in [0, 0.05) is 75.9 Å². The number of allylic oxidation sites excluding steroid dienone is 3. The number of unbranched alkanes of at least 4 members (excludes halogenated alkanes) is 1. The topological polar surface area (TPSA) is 280 Å². The first-order chi connectivity index (χ1) is 42.1. The second kappa shape index (κ2) is 32.8. The summed E-state index contributed by atoms with van der Waals surface area (Å²) >= 11 is 13.5. The van der Waals surface area contributed by atoms with Crippen molar-refractivity contribution < 1.29 is 80.7 Å². The molecular formula is C65H88Br2ClF2N5O15. The van der Waals surface area contributed by atoms with Gasteiger partial charge in [-0.05, 0) is 121 Å². The van der Waals surface area contributed by atoms with E-state index in [1.165, 1.54) is 26.0 Å². The number of ketones is 2. The van der Waals surface area contributed by atoms with Crippen LogP contribution in [-0.4, -0.2) is 155 Å². The van der Waals surface area contributed by atoms with Crippen molar-refractivity contribution >= 4 is 102 Å². The molecule has 498 valence electrons. The van der Waals surface area contributed by atoms with Gasteiger partial charge in [-0.1, -0.05) is 94.1 Å². The first-order valence-electron chi connectivity index (χ1n) is 30.3. The number of esters is 3. The fraction of sp³-hybridized carbons (Fsp3) is 0.615. The van der Waals surface area contributed by atoms with Gasteiger partial charge in [0.25, 0.3) is 5.91 Å². The van der Waals surface area contributed by atoms with Crippen molar-refractivity contribution in [3.8, 4) is 0 Å². The molecule has 90 heavy (non-hydrogen) atoms. The Bertz CT molecular complexity index is 3050. The van der Waals surface area contributed by atoms with Crippen molar-refractivity contribution in [2.45, 2.75) is 193 Å². The Balaban J connectivity index is 1.33. The number of anilines is 1. The summed E-state index contributed by atoms with van der Waals surface area (Å²) in [7, 11) is 4.11. The molecule has 2 aromatic rings. The first-order valence-corrected chi connectivity index (χ1v) is 32.9. The molecule has 5 N–H and O–H groups in total. The van der Waals surface area contributed by atoms with Gasteiger partial charge in [-0.3, -0.25) is 33.6 Å².